The summed E-state index contributed by atoms with van der Waals surface area (Å²) in [6, 6.07) is 14.5. The number of nitrogens with one attached hydrogen (secondary N) is 2. The molecule has 0 aliphatic rings. The summed E-state index contributed by atoms with van der Waals surface area (Å²) in [6.07, 6.45) is 0.903. The number of para-hydroxylation sites is 1. The number of hydrogen-bond donors (Lipinski definition) is 2. The molecule has 5 nitrogen and oxygen atoms in total. The standard InChI is InChI=1S/C19H22N2O3/c1-3-14-7-5-6-8-17(14)20-13-18(22)21-16-11-9-15(10-12-16)19(23)24-4-2/h5-12,20H,3-4,13H2,1-2H3,(H,21,22). The third-order valence-electron chi connectivity index (χ3n) is 3.52. The van der Waals surface area contributed by atoms with E-state index in [1.165, 1.54) is 5.56 Å². The maximum atomic E-state index is 12.0. The fraction of sp³-hybridized carbons (Fsp3) is 0.263. The molecule has 2 rings (SSSR count). The van der Waals surface area contributed by atoms with E-state index in [1.807, 2.05) is 24.3 Å². The van der Waals surface area contributed by atoms with Gasteiger partial charge in [0.2, 0.25) is 5.91 Å². The van der Waals surface area contributed by atoms with Crippen molar-refractivity contribution >= 4 is 23.3 Å². The molecule has 0 atom stereocenters. The van der Waals surface area contributed by atoms with Gasteiger partial charge in [-0.05, 0) is 49.2 Å². The van der Waals surface area contributed by atoms with Gasteiger partial charge in [0.05, 0.1) is 18.7 Å². The van der Waals surface area contributed by atoms with E-state index in [0.29, 0.717) is 17.9 Å². The first-order valence-electron chi connectivity index (χ1n) is 8.02. The van der Waals surface area contributed by atoms with Gasteiger partial charge in [-0.3, -0.25) is 4.79 Å². The lowest BCUT2D eigenvalue weighted by molar-refractivity contribution is -0.114. The van der Waals surface area contributed by atoms with Crippen LogP contribution in [0.4, 0.5) is 11.4 Å². The summed E-state index contributed by atoms with van der Waals surface area (Å²) < 4.78 is 4.92. The van der Waals surface area contributed by atoms with Gasteiger partial charge >= 0.3 is 5.97 Å². The second-order valence-electron chi connectivity index (χ2n) is 5.21. The van der Waals surface area contributed by atoms with Crippen molar-refractivity contribution in [3.05, 3.63) is 59.7 Å². The molecule has 2 N–H and O–H groups in total. The summed E-state index contributed by atoms with van der Waals surface area (Å²) in [5, 5.41) is 5.94. The van der Waals surface area contributed by atoms with Crippen LogP contribution < -0.4 is 10.6 Å². The highest BCUT2D eigenvalue weighted by molar-refractivity contribution is 5.95. The number of carbonyl (C=O) groups excluding carboxylic acids is 2. The lowest BCUT2D eigenvalue weighted by atomic mass is 10.1. The Morgan fingerprint density at radius 2 is 1.71 bits per heavy atom. The fourth-order valence-electron chi connectivity index (χ4n) is 2.29. The number of rotatable bonds is 7. The van der Waals surface area contributed by atoms with Crippen molar-refractivity contribution in [2.75, 3.05) is 23.8 Å². The molecule has 0 saturated carbocycles. The van der Waals surface area contributed by atoms with Gasteiger partial charge in [-0.1, -0.05) is 25.1 Å². The van der Waals surface area contributed by atoms with Crippen LogP contribution in [0.2, 0.25) is 0 Å². The first-order valence-corrected chi connectivity index (χ1v) is 8.02. The van der Waals surface area contributed by atoms with Crippen molar-refractivity contribution in [3.8, 4) is 0 Å². The van der Waals surface area contributed by atoms with E-state index in [1.54, 1.807) is 31.2 Å². The van der Waals surface area contributed by atoms with Gasteiger partial charge in [0.1, 0.15) is 0 Å². The van der Waals surface area contributed by atoms with Crippen LogP contribution >= 0.6 is 0 Å². The fourth-order valence-corrected chi connectivity index (χ4v) is 2.29. The molecular formula is C19H22N2O3. The van der Waals surface area contributed by atoms with Gasteiger partial charge < -0.3 is 15.4 Å². The Hall–Kier alpha value is -2.82. The lowest BCUT2D eigenvalue weighted by Gasteiger charge is -2.11. The maximum Gasteiger partial charge on any atom is 0.338 e. The molecule has 0 aromatic heterocycles. The maximum absolute atomic E-state index is 12.0. The third kappa shape index (κ3) is 4.84. The molecule has 0 aliphatic carbocycles. The average Bonchev–Trinajstić information content (AvgIpc) is 2.61. The lowest BCUT2D eigenvalue weighted by Crippen LogP contribution is -2.22. The zero-order chi connectivity index (χ0) is 17.4. The molecular weight excluding hydrogens is 304 g/mol. The Kier molecular flexibility index (Phi) is 6.37. The molecule has 2 aromatic rings. The zero-order valence-electron chi connectivity index (χ0n) is 14.0. The van der Waals surface area contributed by atoms with Gasteiger partial charge in [-0.15, -0.1) is 0 Å². The minimum Gasteiger partial charge on any atom is -0.462 e. The Labute approximate surface area is 142 Å². The molecule has 1 amide bonds. The molecule has 0 radical (unpaired) electrons. The number of anilines is 2. The van der Waals surface area contributed by atoms with E-state index in [4.69, 9.17) is 4.74 Å². The Morgan fingerprint density at radius 1 is 1.00 bits per heavy atom. The first kappa shape index (κ1) is 17.5. The average molecular weight is 326 g/mol. The Balaban J connectivity index is 1.89. The number of aryl methyl sites for hydroxylation is 1. The van der Waals surface area contributed by atoms with Gasteiger partial charge in [-0.25, -0.2) is 4.79 Å². The molecule has 0 heterocycles. The highest BCUT2D eigenvalue weighted by Crippen LogP contribution is 2.15. The second-order valence-corrected chi connectivity index (χ2v) is 5.21. The van der Waals surface area contributed by atoms with Crippen molar-refractivity contribution in [2.24, 2.45) is 0 Å². The van der Waals surface area contributed by atoms with Crippen molar-refractivity contribution in [1.82, 2.24) is 0 Å². The van der Waals surface area contributed by atoms with Crippen LogP contribution in [0, 0.1) is 0 Å². The molecule has 5 heteroatoms. The number of carbonyl (C=O) groups is 2. The van der Waals surface area contributed by atoms with Gasteiger partial charge in [0.25, 0.3) is 0 Å². The molecule has 0 bridgehead atoms. The normalized spacial score (nSPS) is 10.1. The molecule has 0 unspecified atom stereocenters. The molecule has 0 fully saturated rings. The van der Waals surface area contributed by atoms with E-state index < -0.39 is 0 Å². The van der Waals surface area contributed by atoms with Crippen LogP contribution in [-0.2, 0) is 16.0 Å². The van der Waals surface area contributed by atoms with E-state index >= 15 is 0 Å². The summed E-state index contributed by atoms with van der Waals surface area (Å²) >= 11 is 0. The monoisotopic (exact) mass is 326 g/mol. The number of ether oxygens (including phenoxy) is 1. The van der Waals surface area contributed by atoms with Crippen molar-refractivity contribution < 1.29 is 14.3 Å². The summed E-state index contributed by atoms with van der Waals surface area (Å²) in [7, 11) is 0. The summed E-state index contributed by atoms with van der Waals surface area (Å²) in [5.41, 5.74) is 3.24. The van der Waals surface area contributed by atoms with Crippen LogP contribution in [-0.4, -0.2) is 25.0 Å². The minimum absolute atomic E-state index is 0.148. The minimum atomic E-state index is -0.367. The highest BCUT2D eigenvalue weighted by atomic mass is 16.5. The number of hydrogen-bond acceptors (Lipinski definition) is 4. The molecule has 24 heavy (non-hydrogen) atoms. The predicted octanol–water partition coefficient (Wildman–Crippen LogP) is 3.48. The molecule has 0 aliphatic heterocycles. The SMILES string of the molecule is CCOC(=O)c1ccc(NC(=O)CNc2ccccc2CC)cc1. The summed E-state index contributed by atoms with van der Waals surface area (Å²) in [5.74, 6) is -0.516. The van der Waals surface area contributed by atoms with Gasteiger partial charge in [0.15, 0.2) is 0 Å². The van der Waals surface area contributed by atoms with Crippen LogP contribution in [0.15, 0.2) is 48.5 Å². The predicted molar refractivity (Wildman–Crippen MR) is 95.3 cm³/mol. The van der Waals surface area contributed by atoms with Crippen molar-refractivity contribution in [1.29, 1.82) is 0 Å². The van der Waals surface area contributed by atoms with Crippen molar-refractivity contribution in [2.45, 2.75) is 20.3 Å². The first-order chi connectivity index (χ1) is 11.6. The van der Waals surface area contributed by atoms with Gasteiger partial charge in [-0.2, -0.15) is 0 Å². The smallest absolute Gasteiger partial charge is 0.338 e. The topological polar surface area (TPSA) is 67.4 Å². The molecule has 2 aromatic carbocycles. The second kappa shape index (κ2) is 8.72. The summed E-state index contributed by atoms with van der Waals surface area (Å²) in [4.78, 5) is 23.6. The largest absolute Gasteiger partial charge is 0.462 e. The molecule has 0 saturated heterocycles. The third-order valence-corrected chi connectivity index (χ3v) is 3.52. The Morgan fingerprint density at radius 3 is 2.38 bits per heavy atom. The van der Waals surface area contributed by atoms with Crippen LogP contribution in [0.3, 0.4) is 0 Å². The Bertz CT molecular complexity index is 696. The zero-order valence-corrected chi connectivity index (χ0v) is 14.0. The quantitative estimate of drug-likeness (QED) is 0.765. The van der Waals surface area contributed by atoms with Crippen LogP contribution in [0.25, 0.3) is 0 Å². The van der Waals surface area contributed by atoms with Crippen LogP contribution in [0.5, 0.6) is 0 Å². The van der Waals surface area contributed by atoms with Crippen LogP contribution in [0.1, 0.15) is 29.8 Å². The highest BCUT2D eigenvalue weighted by Gasteiger charge is 2.07. The molecule has 126 valence electrons. The van der Waals surface area contributed by atoms with Gasteiger partial charge in [0, 0.05) is 11.4 Å². The summed E-state index contributed by atoms with van der Waals surface area (Å²) in [6.45, 7) is 4.35. The van der Waals surface area contributed by atoms with E-state index in [9.17, 15) is 9.59 Å². The number of esters is 1. The van der Waals surface area contributed by atoms with E-state index in [-0.39, 0.29) is 18.4 Å². The van der Waals surface area contributed by atoms with E-state index in [2.05, 4.69) is 17.6 Å². The molecule has 0 spiro atoms. The number of amides is 1. The number of benzene rings is 2. The van der Waals surface area contributed by atoms with E-state index in [0.717, 1.165) is 12.1 Å². The van der Waals surface area contributed by atoms with Crippen molar-refractivity contribution in [3.63, 3.8) is 0 Å².